The minimum absolute atomic E-state index is 0.151. The van der Waals surface area contributed by atoms with Crippen molar-refractivity contribution in [2.45, 2.75) is 52.5 Å². The summed E-state index contributed by atoms with van der Waals surface area (Å²) < 4.78 is 25.8. The van der Waals surface area contributed by atoms with Crippen LogP contribution in [0.4, 0.5) is 5.69 Å². The fourth-order valence-electron chi connectivity index (χ4n) is 3.54. The van der Waals surface area contributed by atoms with Gasteiger partial charge in [0.2, 0.25) is 5.91 Å². The quantitative estimate of drug-likeness (QED) is 0.640. The Morgan fingerprint density at radius 2 is 1.56 bits per heavy atom. The van der Waals surface area contributed by atoms with E-state index in [1.165, 1.54) is 6.92 Å². The molecule has 0 radical (unpaired) electrons. The number of nitrogens with one attached hydrogen (secondary N) is 1. The molecule has 0 aliphatic heterocycles. The maximum atomic E-state index is 14.0. The molecule has 2 aromatic carbocycles. The Labute approximate surface area is 160 Å². The lowest BCUT2D eigenvalue weighted by Crippen LogP contribution is -2.13. The molecule has 0 heterocycles. The standard InChI is InChI=1S/C21H26NO4P/c1-13(2)25-27(24,26-14(3)4)21-19-9-7-6-8-17(19)18-11-10-16(12-20(18)21)22-15(5)23/h6-14,21H,1-5H3,(H,22,23)/t21-/m1/s1. The zero-order chi connectivity index (χ0) is 19.8. The average molecular weight is 387 g/mol. The summed E-state index contributed by atoms with van der Waals surface area (Å²) in [6.07, 6.45) is -0.492. The van der Waals surface area contributed by atoms with Crippen molar-refractivity contribution in [3.05, 3.63) is 53.6 Å². The lowest BCUT2D eigenvalue weighted by Gasteiger charge is -2.29. The van der Waals surface area contributed by atoms with Crippen LogP contribution in [0, 0.1) is 0 Å². The van der Waals surface area contributed by atoms with Crippen molar-refractivity contribution in [1.29, 1.82) is 0 Å². The van der Waals surface area contributed by atoms with Crippen LogP contribution in [0.25, 0.3) is 11.1 Å². The molecule has 1 aliphatic carbocycles. The van der Waals surface area contributed by atoms with Gasteiger partial charge in [-0.25, -0.2) is 0 Å². The molecular weight excluding hydrogens is 361 g/mol. The van der Waals surface area contributed by atoms with Gasteiger partial charge in [-0.3, -0.25) is 9.36 Å². The predicted octanol–water partition coefficient (Wildman–Crippen LogP) is 5.76. The Hall–Kier alpha value is -1.94. The minimum Gasteiger partial charge on any atom is -0.326 e. The fourth-order valence-corrected chi connectivity index (χ4v) is 6.13. The maximum Gasteiger partial charge on any atom is 0.343 e. The van der Waals surface area contributed by atoms with Gasteiger partial charge in [0.05, 0.1) is 12.2 Å². The van der Waals surface area contributed by atoms with E-state index < -0.39 is 13.3 Å². The molecule has 144 valence electrons. The first-order chi connectivity index (χ1) is 12.7. The second kappa shape index (κ2) is 7.59. The number of benzene rings is 2. The first-order valence-electron chi connectivity index (χ1n) is 9.18. The number of hydrogen-bond donors (Lipinski definition) is 1. The van der Waals surface area contributed by atoms with Gasteiger partial charge < -0.3 is 14.4 Å². The second-order valence-electron chi connectivity index (χ2n) is 7.32. The van der Waals surface area contributed by atoms with Crippen LogP contribution in [-0.2, 0) is 18.4 Å². The van der Waals surface area contributed by atoms with E-state index in [-0.39, 0.29) is 18.1 Å². The molecule has 6 heteroatoms. The first kappa shape index (κ1) is 19.8. The monoisotopic (exact) mass is 387 g/mol. The van der Waals surface area contributed by atoms with E-state index in [0.29, 0.717) is 5.69 Å². The number of amides is 1. The number of anilines is 1. The highest BCUT2D eigenvalue weighted by molar-refractivity contribution is 7.54. The lowest BCUT2D eigenvalue weighted by molar-refractivity contribution is -0.114. The van der Waals surface area contributed by atoms with Gasteiger partial charge in [0.1, 0.15) is 5.66 Å². The summed E-state index contributed by atoms with van der Waals surface area (Å²) in [6.45, 7) is 8.88. The van der Waals surface area contributed by atoms with Crippen LogP contribution in [0.2, 0.25) is 0 Å². The SMILES string of the molecule is CC(=O)Nc1ccc2c(c1)[C@H](P(=O)(OC(C)C)OC(C)C)c1ccccc1-2. The van der Waals surface area contributed by atoms with Crippen molar-refractivity contribution in [2.75, 3.05) is 5.32 Å². The summed E-state index contributed by atoms with van der Waals surface area (Å²) >= 11 is 0. The van der Waals surface area contributed by atoms with E-state index in [1.54, 1.807) is 0 Å². The molecule has 3 rings (SSSR count). The molecule has 0 saturated carbocycles. The van der Waals surface area contributed by atoms with Crippen LogP contribution in [0.1, 0.15) is 51.4 Å². The summed E-state index contributed by atoms with van der Waals surface area (Å²) in [5, 5.41) is 2.80. The second-order valence-corrected chi connectivity index (χ2v) is 9.34. The van der Waals surface area contributed by atoms with Crippen LogP contribution >= 0.6 is 7.60 Å². The number of fused-ring (bicyclic) bond motifs is 3. The van der Waals surface area contributed by atoms with Gasteiger partial charge in [0.15, 0.2) is 0 Å². The van der Waals surface area contributed by atoms with E-state index >= 15 is 0 Å². The lowest BCUT2D eigenvalue weighted by atomic mass is 10.1. The third-order valence-electron chi connectivity index (χ3n) is 4.24. The minimum atomic E-state index is -3.51. The smallest absolute Gasteiger partial charge is 0.326 e. The normalized spacial score (nSPS) is 15.7. The summed E-state index contributed by atoms with van der Waals surface area (Å²) in [6, 6.07) is 13.6. The summed E-state index contributed by atoms with van der Waals surface area (Å²) in [5.74, 6) is -0.151. The Morgan fingerprint density at radius 3 is 2.15 bits per heavy atom. The highest BCUT2D eigenvalue weighted by Gasteiger charge is 2.45. The van der Waals surface area contributed by atoms with Crippen molar-refractivity contribution < 1.29 is 18.4 Å². The highest BCUT2D eigenvalue weighted by atomic mass is 31.2. The first-order valence-corrected chi connectivity index (χ1v) is 10.8. The van der Waals surface area contributed by atoms with Gasteiger partial charge in [-0.05, 0) is 62.1 Å². The van der Waals surface area contributed by atoms with Gasteiger partial charge >= 0.3 is 7.60 Å². The van der Waals surface area contributed by atoms with Crippen molar-refractivity contribution in [3.8, 4) is 11.1 Å². The summed E-state index contributed by atoms with van der Waals surface area (Å²) in [4.78, 5) is 11.5. The third-order valence-corrected chi connectivity index (χ3v) is 6.86. The third kappa shape index (κ3) is 4.01. The number of carbonyl (C=O) groups excluding carboxylic acids is 1. The van der Waals surface area contributed by atoms with E-state index in [4.69, 9.17) is 9.05 Å². The predicted molar refractivity (Wildman–Crippen MR) is 108 cm³/mol. The topological polar surface area (TPSA) is 64.6 Å². The molecule has 2 aromatic rings. The Balaban J connectivity index is 2.19. The number of carbonyl (C=O) groups is 1. The molecule has 0 fully saturated rings. The Morgan fingerprint density at radius 1 is 0.963 bits per heavy atom. The molecule has 0 spiro atoms. The molecule has 1 N–H and O–H groups in total. The van der Waals surface area contributed by atoms with Crippen LogP contribution in [0.5, 0.6) is 0 Å². The van der Waals surface area contributed by atoms with Gasteiger partial charge in [-0.15, -0.1) is 0 Å². The van der Waals surface area contributed by atoms with Gasteiger partial charge in [0.25, 0.3) is 0 Å². The summed E-state index contributed by atoms with van der Waals surface area (Å²) in [5.41, 5.74) is 3.93. The molecular formula is C21H26NO4P. The van der Waals surface area contributed by atoms with Gasteiger partial charge in [-0.1, -0.05) is 30.3 Å². The van der Waals surface area contributed by atoms with Crippen LogP contribution in [-0.4, -0.2) is 18.1 Å². The summed E-state index contributed by atoms with van der Waals surface area (Å²) in [7, 11) is -3.51. The van der Waals surface area contributed by atoms with Crippen LogP contribution in [0.3, 0.4) is 0 Å². The van der Waals surface area contributed by atoms with Crippen molar-refractivity contribution in [1.82, 2.24) is 0 Å². The van der Waals surface area contributed by atoms with Crippen molar-refractivity contribution >= 4 is 19.2 Å². The number of hydrogen-bond acceptors (Lipinski definition) is 4. The van der Waals surface area contributed by atoms with E-state index in [9.17, 15) is 9.36 Å². The van der Waals surface area contributed by atoms with Crippen molar-refractivity contribution in [3.63, 3.8) is 0 Å². The zero-order valence-electron chi connectivity index (χ0n) is 16.4. The van der Waals surface area contributed by atoms with Gasteiger partial charge in [-0.2, -0.15) is 0 Å². The maximum absolute atomic E-state index is 14.0. The molecule has 0 saturated heterocycles. The van der Waals surface area contributed by atoms with Crippen LogP contribution < -0.4 is 5.32 Å². The molecule has 0 aromatic heterocycles. The van der Waals surface area contributed by atoms with E-state index in [2.05, 4.69) is 5.32 Å². The molecule has 27 heavy (non-hydrogen) atoms. The zero-order valence-corrected chi connectivity index (χ0v) is 17.2. The molecule has 1 atom stereocenters. The highest BCUT2D eigenvalue weighted by Crippen LogP contribution is 2.69. The number of rotatable bonds is 6. The average Bonchev–Trinajstić information content (AvgIpc) is 2.86. The van der Waals surface area contributed by atoms with E-state index in [0.717, 1.165) is 22.3 Å². The molecule has 0 bridgehead atoms. The molecule has 1 aliphatic rings. The largest absolute Gasteiger partial charge is 0.343 e. The van der Waals surface area contributed by atoms with Crippen molar-refractivity contribution in [2.24, 2.45) is 0 Å². The van der Waals surface area contributed by atoms with E-state index in [1.807, 2.05) is 70.2 Å². The Kier molecular flexibility index (Phi) is 5.57. The molecule has 5 nitrogen and oxygen atoms in total. The van der Waals surface area contributed by atoms with Crippen LogP contribution in [0.15, 0.2) is 42.5 Å². The molecule has 0 unspecified atom stereocenters. The van der Waals surface area contributed by atoms with Gasteiger partial charge in [0, 0.05) is 12.6 Å². The fraction of sp³-hybridized carbons (Fsp3) is 0.381. The Bertz CT molecular complexity index is 893. The molecule has 1 amide bonds.